The van der Waals surface area contributed by atoms with E-state index in [9.17, 15) is 8.42 Å². The third-order valence-electron chi connectivity index (χ3n) is 1.45. The van der Waals surface area contributed by atoms with Gasteiger partial charge in [-0.3, -0.25) is 0 Å². The summed E-state index contributed by atoms with van der Waals surface area (Å²) in [6, 6.07) is 4.21. The molecule has 0 heterocycles. The van der Waals surface area contributed by atoms with Crippen LogP contribution in [-0.4, -0.2) is 15.5 Å². The quantitative estimate of drug-likeness (QED) is 0.858. The summed E-state index contributed by atoms with van der Waals surface area (Å²) in [5.41, 5.74) is 0. The summed E-state index contributed by atoms with van der Waals surface area (Å²) < 4.78 is 24.8. The van der Waals surface area contributed by atoms with Gasteiger partial charge in [0.1, 0.15) is 4.90 Å². The first-order valence-electron chi connectivity index (χ1n) is 3.36. The topological polar surface area (TPSA) is 46.2 Å². The highest BCUT2D eigenvalue weighted by atomic mass is 35.5. The fourth-order valence-electron chi connectivity index (χ4n) is 0.803. The molecule has 0 radical (unpaired) electrons. The normalized spacial score (nSPS) is 11.6. The molecule has 1 aromatic rings. The number of rotatable bonds is 2. The molecule has 1 N–H and O–H groups in total. The van der Waals surface area contributed by atoms with Crippen LogP contribution in [0.15, 0.2) is 23.1 Å². The van der Waals surface area contributed by atoms with Crippen LogP contribution >= 0.6 is 23.2 Å². The molecule has 3 nitrogen and oxygen atoms in total. The van der Waals surface area contributed by atoms with Crippen molar-refractivity contribution in [2.75, 3.05) is 7.05 Å². The Morgan fingerprint density at radius 1 is 1.31 bits per heavy atom. The van der Waals surface area contributed by atoms with Gasteiger partial charge in [0.05, 0.1) is 5.02 Å². The first-order valence-corrected chi connectivity index (χ1v) is 5.60. The maximum Gasteiger partial charge on any atom is 0.241 e. The molecule has 0 aliphatic carbocycles. The average molecular weight is 240 g/mol. The largest absolute Gasteiger partial charge is 0.241 e. The lowest BCUT2D eigenvalue weighted by atomic mass is 10.4. The Hall–Kier alpha value is -0.290. The molecule has 72 valence electrons. The second-order valence-electron chi connectivity index (χ2n) is 2.28. The predicted molar refractivity (Wildman–Crippen MR) is 52.7 cm³/mol. The van der Waals surface area contributed by atoms with Crippen molar-refractivity contribution >= 4 is 33.2 Å². The minimum absolute atomic E-state index is 0.0288. The summed E-state index contributed by atoms with van der Waals surface area (Å²) in [7, 11) is -2.17. The van der Waals surface area contributed by atoms with Gasteiger partial charge in [-0.2, -0.15) is 0 Å². The molecule has 1 rings (SSSR count). The van der Waals surface area contributed by atoms with E-state index in [0.29, 0.717) is 5.02 Å². The first kappa shape index (κ1) is 10.8. The third kappa shape index (κ3) is 2.34. The van der Waals surface area contributed by atoms with Gasteiger partial charge in [0.25, 0.3) is 0 Å². The van der Waals surface area contributed by atoms with E-state index in [4.69, 9.17) is 23.2 Å². The average Bonchev–Trinajstić information content (AvgIpc) is 2.03. The van der Waals surface area contributed by atoms with Crippen LogP contribution in [0, 0.1) is 0 Å². The fourth-order valence-corrected chi connectivity index (χ4v) is 2.30. The van der Waals surface area contributed by atoms with Gasteiger partial charge in [-0.15, -0.1) is 0 Å². The Morgan fingerprint density at radius 3 is 2.38 bits per heavy atom. The van der Waals surface area contributed by atoms with Crippen LogP contribution in [0.4, 0.5) is 0 Å². The highest BCUT2D eigenvalue weighted by molar-refractivity contribution is 7.89. The minimum atomic E-state index is -3.49. The Labute approximate surface area is 86.7 Å². The van der Waals surface area contributed by atoms with Gasteiger partial charge in [0, 0.05) is 5.02 Å². The molecule has 6 heteroatoms. The predicted octanol–water partition coefficient (Wildman–Crippen LogP) is 1.90. The lowest BCUT2D eigenvalue weighted by Gasteiger charge is -2.04. The Balaban J connectivity index is 3.33. The number of hydrogen-bond acceptors (Lipinski definition) is 2. The van der Waals surface area contributed by atoms with Crippen LogP contribution in [-0.2, 0) is 10.0 Å². The molecule has 0 aliphatic rings. The van der Waals surface area contributed by atoms with Gasteiger partial charge < -0.3 is 0 Å². The number of halogens is 2. The molecule has 0 spiro atoms. The maximum atomic E-state index is 11.3. The maximum absolute atomic E-state index is 11.3. The van der Waals surface area contributed by atoms with E-state index in [0.717, 1.165) is 0 Å². The van der Waals surface area contributed by atoms with Gasteiger partial charge in [-0.25, -0.2) is 13.1 Å². The van der Waals surface area contributed by atoms with Gasteiger partial charge in [-0.05, 0) is 25.2 Å². The van der Waals surface area contributed by atoms with E-state index < -0.39 is 10.0 Å². The van der Waals surface area contributed by atoms with Crippen molar-refractivity contribution in [3.8, 4) is 0 Å². The van der Waals surface area contributed by atoms with E-state index in [1.807, 2.05) is 0 Å². The lowest BCUT2D eigenvalue weighted by molar-refractivity contribution is 0.588. The molecule has 0 saturated carbocycles. The second-order valence-corrected chi connectivity index (χ2v) is 4.98. The van der Waals surface area contributed by atoms with Crippen LogP contribution in [0.1, 0.15) is 0 Å². The number of benzene rings is 1. The first-order chi connectivity index (χ1) is 5.97. The van der Waals surface area contributed by atoms with E-state index in [2.05, 4.69) is 4.72 Å². The van der Waals surface area contributed by atoms with Gasteiger partial charge >= 0.3 is 0 Å². The summed E-state index contributed by atoms with van der Waals surface area (Å²) in [6.07, 6.45) is 0. The summed E-state index contributed by atoms with van der Waals surface area (Å²) in [6.45, 7) is 0. The molecule has 0 atom stereocenters. The van der Waals surface area contributed by atoms with Gasteiger partial charge in [0.2, 0.25) is 10.0 Å². The van der Waals surface area contributed by atoms with Crippen LogP contribution in [0.2, 0.25) is 10.0 Å². The van der Waals surface area contributed by atoms with Crippen LogP contribution in [0.3, 0.4) is 0 Å². The summed E-state index contributed by atoms with van der Waals surface area (Å²) in [5.74, 6) is 0. The fraction of sp³-hybridized carbons (Fsp3) is 0.143. The molecule has 0 fully saturated rings. The number of sulfonamides is 1. The molecule has 0 aliphatic heterocycles. The van der Waals surface area contributed by atoms with Crippen molar-refractivity contribution in [3.05, 3.63) is 28.2 Å². The van der Waals surface area contributed by atoms with Gasteiger partial charge in [-0.1, -0.05) is 23.2 Å². The molecule has 0 amide bonds. The van der Waals surface area contributed by atoms with Crippen LogP contribution < -0.4 is 4.72 Å². The monoisotopic (exact) mass is 239 g/mol. The summed E-state index contributed by atoms with van der Waals surface area (Å²) in [4.78, 5) is 0.0288. The van der Waals surface area contributed by atoms with Crippen molar-refractivity contribution in [3.63, 3.8) is 0 Å². The van der Waals surface area contributed by atoms with Crippen molar-refractivity contribution in [1.29, 1.82) is 0 Å². The highest BCUT2D eigenvalue weighted by Gasteiger charge is 2.15. The zero-order chi connectivity index (χ0) is 10.1. The Morgan fingerprint density at radius 2 is 1.92 bits per heavy atom. The lowest BCUT2D eigenvalue weighted by Crippen LogP contribution is -2.18. The standard InChI is InChI=1S/C7H7Cl2NO2S/c1-10-13(11,12)7-3-2-5(8)4-6(7)9/h2-4,10H,1H3. The minimum Gasteiger partial charge on any atom is -0.214 e. The van der Waals surface area contributed by atoms with E-state index in [-0.39, 0.29) is 9.92 Å². The van der Waals surface area contributed by atoms with E-state index in [1.165, 1.54) is 25.2 Å². The zero-order valence-electron chi connectivity index (χ0n) is 6.71. The Bertz CT molecular complexity index is 417. The van der Waals surface area contributed by atoms with Crippen LogP contribution in [0.25, 0.3) is 0 Å². The van der Waals surface area contributed by atoms with Crippen molar-refractivity contribution in [2.45, 2.75) is 4.90 Å². The molecule has 0 bridgehead atoms. The van der Waals surface area contributed by atoms with E-state index >= 15 is 0 Å². The van der Waals surface area contributed by atoms with Crippen LogP contribution in [0.5, 0.6) is 0 Å². The molecule has 0 saturated heterocycles. The van der Waals surface area contributed by atoms with E-state index in [1.54, 1.807) is 0 Å². The molecule has 1 aromatic carbocycles. The smallest absolute Gasteiger partial charge is 0.214 e. The third-order valence-corrected chi connectivity index (χ3v) is 3.58. The number of hydrogen-bond donors (Lipinski definition) is 1. The van der Waals surface area contributed by atoms with Crippen molar-refractivity contribution in [2.24, 2.45) is 0 Å². The molecule has 0 aromatic heterocycles. The molecular weight excluding hydrogens is 233 g/mol. The number of nitrogens with one attached hydrogen (secondary N) is 1. The summed E-state index contributed by atoms with van der Waals surface area (Å²) >= 11 is 11.3. The molecular formula is C7H7Cl2NO2S. The molecule has 13 heavy (non-hydrogen) atoms. The zero-order valence-corrected chi connectivity index (χ0v) is 9.04. The SMILES string of the molecule is CNS(=O)(=O)c1ccc(Cl)cc1Cl. The second kappa shape index (κ2) is 3.84. The van der Waals surface area contributed by atoms with Crippen molar-refractivity contribution in [1.82, 2.24) is 4.72 Å². The van der Waals surface area contributed by atoms with Gasteiger partial charge in [0.15, 0.2) is 0 Å². The highest BCUT2D eigenvalue weighted by Crippen LogP contribution is 2.24. The molecule has 0 unspecified atom stereocenters. The Kier molecular flexibility index (Phi) is 3.18. The van der Waals surface area contributed by atoms with Crippen molar-refractivity contribution < 1.29 is 8.42 Å². The summed E-state index contributed by atoms with van der Waals surface area (Å²) in [5, 5.41) is 0.516.